The van der Waals surface area contributed by atoms with Crippen LogP contribution in [0.25, 0.3) is 0 Å². The second kappa shape index (κ2) is 5.84. The fourth-order valence-electron chi connectivity index (χ4n) is 2.26. The van der Waals surface area contributed by atoms with Gasteiger partial charge in [-0.1, -0.05) is 19.8 Å². The summed E-state index contributed by atoms with van der Waals surface area (Å²) in [6.07, 6.45) is 3.52. The highest BCUT2D eigenvalue weighted by atomic mass is 16.4. The topological polar surface area (TPSA) is 109 Å². The maximum absolute atomic E-state index is 12.0. The number of hydrogen-bond acceptors (Lipinski definition) is 3. The summed E-state index contributed by atoms with van der Waals surface area (Å²) >= 11 is 0. The van der Waals surface area contributed by atoms with Crippen molar-refractivity contribution in [2.75, 3.05) is 0 Å². The van der Waals surface area contributed by atoms with Crippen molar-refractivity contribution in [3.05, 3.63) is 0 Å². The quantitative estimate of drug-likeness (QED) is 0.639. The highest BCUT2D eigenvalue weighted by molar-refractivity contribution is 5.87. The summed E-state index contributed by atoms with van der Waals surface area (Å²) in [7, 11) is 0. The number of carbonyl (C=O) groups excluding carboxylic acids is 2. The molecule has 1 fully saturated rings. The molecule has 0 bridgehead atoms. The average Bonchev–Trinajstić information content (AvgIpc) is 2.71. The van der Waals surface area contributed by atoms with Gasteiger partial charge in [0, 0.05) is 11.8 Å². The lowest BCUT2D eigenvalue weighted by Crippen LogP contribution is -2.47. The third-order valence-corrected chi connectivity index (χ3v) is 3.54. The molecule has 4 N–H and O–H groups in total. The Morgan fingerprint density at radius 2 is 1.89 bits per heavy atom. The van der Waals surface area contributed by atoms with Crippen molar-refractivity contribution >= 4 is 17.8 Å². The van der Waals surface area contributed by atoms with Crippen LogP contribution in [0.5, 0.6) is 0 Å². The van der Waals surface area contributed by atoms with Gasteiger partial charge in [-0.3, -0.25) is 9.59 Å². The van der Waals surface area contributed by atoms with E-state index in [9.17, 15) is 14.4 Å². The molecule has 0 aliphatic heterocycles. The predicted molar refractivity (Wildman–Crippen MR) is 64.6 cm³/mol. The molecule has 0 saturated heterocycles. The Labute approximate surface area is 106 Å². The molecule has 1 saturated carbocycles. The first-order valence-corrected chi connectivity index (χ1v) is 6.17. The molecular formula is C12H20N2O4. The summed E-state index contributed by atoms with van der Waals surface area (Å²) in [6.45, 7) is 1.85. The molecule has 18 heavy (non-hydrogen) atoms. The van der Waals surface area contributed by atoms with Gasteiger partial charge < -0.3 is 16.2 Å². The van der Waals surface area contributed by atoms with E-state index in [-0.39, 0.29) is 18.7 Å². The van der Waals surface area contributed by atoms with Gasteiger partial charge in [0.15, 0.2) is 0 Å². The minimum Gasteiger partial charge on any atom is -0.480 e. The average molecular weight is 256 g/mol. The first-order chi connectivity index (χ1) is 8.35. The van der Waals surface area contributed by atoms with Crippen molar-refractivity contribution in [3.8, 4) is 0 Å². The van der Waals surface area contributed by atoms with E-state index in [1.54, 1.807) is 0 Å². The summed E-state index contributed by atoms with van der Waals surface area (Å²) in [5, 5.41) is 11.5. The standard InChI is InChI=1S/C12H20N2O4/c1-12(6-2-3-7-12)11(18)14-8(10(16)17)4-5-9(13)15/h8H,2-7H2,1H3,(H2,13,15)(H,14,18)(H,16,17)/t8-/m0/s1. The lowest BCUT2D eigenvalue weighted by molar-refractivity contribution is -0.144. The molecule has 0 heterocycles. The third-order valence-electron chi connectivity index (χ3n) is 3.54. The van der Waals surface area contributed by atoms with Gasteiger partial charge in [0.25, 0.3) is 0 Å². The number of nitrogens with two attached hydrogens (primary N) is 1. The normalized spacial score (nSPS) is 19.2. The molecule has 6 heteroatoms. The van der Waals surface area contributed by atoms with E-state index in [4.69, 9.17) is 10.8 Å². The van der Waals surface area contributed by atoms with Gasteiger partial charge in [-0.05, 0) is 19.3 Å². The van der Waals surface area contributed by atoms with Crippen molar-refractivity contribution in [2.24, 2.45) is 11.1 Å². The maximum atomic E-state index is 12.0. The van der Waals surface area contributed by atoms with Crippen LogP contribution < -0.4 is 11.1 Å². The summed E-state index contributed by atoms with van der Waals surface area (Å²) in [4.78, 5) is 33.7. The van der Waals surface area contributed by atoms with E-state index >= 15 is 0 Å². The lowest BCUT2D eigenvalue weighted by atomic mass is 9.87. The first-order valence-electron chi connectivity index (χ1n) is 6.17. The minimum atomic E-state index is -1.13. The molecule has 102 valence electrons. The first kappa shape index (κ1) is 14.5. The Kier molecular flexibility index (Phi) is 4.69. The van der Waals surface area contributed by atoms with E-state index in [0.29, 0.717) is 0 Å². The van der Waals surface area contributed by atoms with Crippen LogP contribution in [-0.2, 0) is 14.4 Å². The van der Waals surface area contributed by atoms with Gasteiger partial charge in [0.05, 0.1) is 0 Å². The number of amides is 2. The molecule has 0 aromatic rings. The Bertz CT molecular complexity index is 348. The van der Waals surface area contributed by atoms with Crippen molar-refractivity contribution < 1.29 is 19.5 Å². The van der Waals surface area contributed by atoms with E-state index in [1.165, 1.54) is 0 Å². The molecule has 0 unspecified atom stereocenters. The number of aliphatic carboxylic acids is 1. The van der Waals surface area contributed by atoms with Crippen molar-refractivity contribution in [3.63, 3.8) is 0 Å². The summed E-state index contributed by atoms with van der Waals surface area (Å²) in [5.74, 6) is -1.94. The summed E-state index contributed by atoms with van der Waals surface area (Å²) in [5.41, 5.74) is 4.50. The highest BCUT2D eigenvalue weighted by Gasteiger charge is 2.37. The van der Waals surface area contributed by atoms with Gasteiger partial charge in [-0.2, -0.15) is 0 Å². The molecule has 0 aromatic carbocycles. The summed E-state index contributed by atoms with van der Waals surface area (Å²) < 4.78 is 0. The number of nitrogens with one attached hydrogen (secondary N) is 1. The second-order valence-electron chi connectivity index (χ2n) is 5.14. The molecule has 0 aromatic heterocycles. The van der Waals surface area contributed by atoms with Crippen LogP contribution in [0, 0.1) is 5.41 Å². The van der Waals surface area contributed by atoms with Gasteiger partial charge in [-0.15, -0.1) is 0 Å². The molecule has 6 nitrogen and oxygen atoms in total. The van der Waals surface area contributed by atoms with Gasteiger partial charge in [-0.25, -0.2) is 4.79 Å². The SMILES string of the molecule is CC1(C(=O)N[C@@H](CCC(N)=O)C(=O)O)CCCC1. The Morgan fingerprint density at radius 1 is 1.33 bits per heavy atom. The van der Waals surface area contributed by atoms with Crippen molar-refractivity contribution in [2.45, 2.75) is 51.5 Å². The lowest BCUT2D eigenvalue weighted by Gasteiger charge is -2.24. The second-order valence-corrected chi connectivity index (χ2v) is 5.14. The number of carboxylic acids is 1. The third kappa shape index (κ3) is 3.72. The van der Waals surface area contributed by atoms with Crippen LogP contribution in [0.1, 0.15) is 45.4 Å². The van der Waals surface area contributed by atoms with Crippen LogP contribution in [0.3, 0.4) is 0 Å². The molecule has 1 aliphatic carbocycles. The number of carbonyl (C=O) groups is 3. The molecule has 1 rings (SSSR count). The molecule has 2 amide bonds. The Hall–Kier alpha value is -1.59. The van der Waals surface area contributed by atoms with Crippen LogP contribution in [0.4, 0.5) is 0 Å². The largest absolute Gasteiger partial charge is 0.480 e. The van der Waals surface area contributed by atoms with Crippen LogP contribution in [0.2, 0.25) is 0 Å². The molecule has 0 radical (unpaired) electrons. The van der Waals surface area contributed by atoms with E-state index < -0.39 is 23.3 Å². The van der Waals surface area contributed by atoms with Gasteiger partial charge >= 0.3 is 5.97 Å². The van der Waals surface area contributed by atoms with E-state index in [0.717, 1.165) is 25.7 Å². The highest BCUT2D eigenvalue weighted by Crippen LogP contribution is 2.37. The monoisotopic (exact) mass is 256 g/mol. The van der Waals surface area contributed by atoms with Gasteiger partial charge in [0.1, 0.15) is 6.04 Å². The van der Waals surface area contributed by atoms with Crippen LogP contribution in [0.15, 0.2) is 0 Å². The number of primary amides is 1. The molecular weight excluding hydrogens is 236 g/mol. The van der Waals surface area contributed by atoms with Crippen LogP contribution in [-0.4, -0.2) is 28.9 Å². The zero-order valence-electron chi connectivity index (χ0n) is 10.6. The smallest absolute Gasteiger partial charge is 0.326 e. The minimum absolute atomic E-state index is 0.0342. The van der Waals surface area contributed by atoms with Crippen molar-refractivity contribution in [1.82, 2.24) is 5.32 Å². The number of rotatable bonds is 6. The fourth-order valence-corrected chi connectivity index (χ4v) is 2.26. The van der Waals surface area contributed by atoms with E-state index in [1.807, 2.05) is 6.92 Å². The maximum Gasteiger partial charge on any atom is 0.326 e. The Balaban J connectivity index is 2.57. The number of carboxylic acid groups (broad SMARTS) is 1. The summed E-state index contributed by atoms with van der Waals surface area (Å²) in [6, 6.07) is -1.04. The number of hydrogen-bond donors (Lipinski definition) is 3. The van der Waals surface area contributed by atoms with E-state index in [2.05, 4.69) is 5.32 Å². The molecule has 1 atom stereocenters. The molecule has 1 aliphatic rings. The molecule has 0 spiro atoms. The fraction of sp³-hybridized carbons (Fsp3) is 0.750. The predicted octanol–water partition coefficient (Wildman–Crippen LogP) is 0.402. The zero-order chi connectivity index (χ0) is 13.8. The van der Waals surface area contributed by atoms with Gasteiger partial charge in [0.2, 0.25) is 11.8 Å². The van der Waals surface area contributed by atoms with Crippen molar-refractivity contribution in [1.29, 1.82) is 0 Å². The zero-order valence-corrected chi connectivity index (χ0v) is 10.6. The van der Waals surface area contributed by atoms with Crippen LogP contribution >= 0.6 is 0 Å². The Morgan fingerprint density at radius 3 is 2.33 bits per heavy atom.